The second-order valence-electron chi connectivity index (χ2n) is 20.8. The van der Waals surface area contributed by atoms with Crippen LogP contribution in [0.15, 0.2) is 60.8 Å². The molecule has 0 aromatic carbocycles. The third-order valence-corrected chi connectivity index (χ3v) is 13.8. The van der Waals surface area contributed by atoms with Crippen LogP contribution in [0.4, 0.5) is 0 Å². The fraction of sp³-hybridized carbons (Fsp3) is 0.815. The number of carbonyl (C=O) groups excluding carboxylic acids is 2. The molecule has 0 spiro atoms. The molecule has 408 valence electrons. The van der Waals surface area contributed by atoms with Crippen LogP contribution in [0.1, 0.15) is 322 Å². The lowest BCUT2D eigenvalue weighted by Crippen LogP contribution is -2.28. The third kappa shape index (κ3) is 58.2. The number of rotatable bonds is 57. The fourth-order valence-electron chi connectivity index (χ4n) is 9.19. The summed E-state index contributed by atoms with van der Waals surface area (Å²) in [6, 6.07) is 0. The van der Waals surface area contributed by atoms with E-state index in [1.165, 1.54) is 225 Å². The van der Waals surface area contributed by atoms with Gasteiger partial charge < -0.3 is 14.6 Å². The van der Waals surface area contributed by atoms with Gasteiger partial charge in [0.1, 0.15) is 6.61 Å². The quantitative estimate of drug-likeness (QED) is 0.0373. The Morgan fingerprint density at radius 1 is 0.343 bits per heavy atom. The summed E-state index contributed by atoms with van der Waals surface area (Å²) in [7, 11) is 0. The average molecular weight is 980 g/mol. The standard InChI is InChI=1S/C65H118O5/c1-3-5-7-9-11-13-15-17-19-21-23-24-25-26-27-28-29-30-31-32-33-34-35-36-37-38-39-40-42-43-45-47-49-51-53-55-57-59-64(67)69-62-63(61-66)70-65(68)60-58-56-54-52-50-48-46-44-41-22-20-18-16-14-12-10-8-6-4-2/h6,8,12,14,18,20-21,23,41,44,63,66H,3-5,7,9-11,13,15-17,19,22,24-40,42-43,45-62H2,1-2H3/b8-6-,14-12-,20-18-,23-21-,44-41-. The Balaban J connectivity index is 3.40. The number of esters is 2. The van der Waals surface area contributed by atoms with Gasteiger partial charge in [-0.05, 0) is 77.0 Å². The SMILES string of the molecule is CC/C=C\C/C=C\C/C=C\C/C=C\CCCCCCCCC(=O)OC(CO)COC(=O)CCCCCCCCCCCCCCCCCCCCCCCCCCC/C=C\CCCCCCCCCC. The number of hydrogen-bond acceptors (Lipinski definition) is 5. The average Bonchev–Trinajstić information content (AvgIpc) is 3.36. The first kappa shape index (κ1) is 67.6. The highest BCUT2D eigenvalue weighted by atomic mass is 16.6. The minimum Gasteiger partial charge on any atom is -0.462 e. The zero-order valence-electron chi connectivity index (χ0n) is 46.8. The highest BCUT2D eigenvalue weighted by Crippen LogP contribution is 2.18. The Bertz CT molecular complexity index is 1200. The van der Waals surface area contributed by atoms with E-state index in [4.69, 9.17) is 9.47 Å². The largest absolute Gasteiger partial charge is 0.462 e. The molecule has 0 amide bonds. The van der Waals surface area contributed by atoms with E-state index in [0.717, 1.165) is 70.6 Å². The van der Waals surface area contributed by atoms with Gasteiger partial charge in [-0.25, -0.2) is 0 Å². The molecule has 5 heteroatoms. The van der Waals surface area contributed by atoms with Gasteiger partial charge in [-0.1, -0.05) is 293 Å². The van der Waals surface area contributed by atoms with Crippen molar-refractivity contribution < 1.29 is 24.2 Å². The first-order valence-electron chi connectivity index (χ1n) is 30.8. The van der Waals surface area contributed by atoms with E-state index in [1.54, 1.807) is 0 Å². The first-order chi connectivity index (χ1) is 34.6. The maximum Gasteiger partial charge on any atom is 0.306 e. The van der Waals surface area contributed by atoms with Gasteiger partial charge in [0.15, 0.2) is 6.10 Å². The lowest BCUT2D eigenvalue weighted by Gasteiger charge is -2.15. The lowest BCUT2D eigenvalue weighted by atomic mass is 10.0. The van der Waals surface area contributed by atoms with Crippen LogP contribution in [0.5, 0.6) is 0 Å². The van der Waals surface area contributed by atoms with E-state index in [-0.39, 0.29) is 25.2 Å². The van der Waals surface area contributed by atoms with Crippen molar-refractivity contribution in [2.75, 3.05) is 13.2 Å². The summed E-state index contributed by atoms with van der Waals surface area (Å²) in [6.45, 7) is 4.05. The van der Waals surface area contributed by atoms with Crippen molar-refractivity contribution in [2.24, 2.45) is 0 Å². The van der Waals surface area contributed by atoms with Crippen molar-refractivity contribution in [3.8, 4) is 0 Å². The van der Waals surface area contributed by atoms with Crippen molar-refractivity contribution in [1.82, 2.24) is 0 Å². The van der Waals surface area contributed by atoms with Gasteiger partial charge in [-0.2, -0.15) is 0 Å². The summed E-state index contributed by atoms with van der Waals surface area (Å²) < 4.78 is 10.7. The minimum absolute atomic E-state index is 0.0704. The Kier molecular flexibility index (Phi) is 58.8. The number of unbranched alkanes of at least 4 members (excludes halogenated alkanes) is 39. The Hall–Kier alpha value is -2.40. The Morgan fingerprint density at radius 2 is 0.614 bits per heavy atom. The molecule has 0 aliphatic rings. The van der Waals surface area contributed by atoms with Gasteiger partial charge in [0.2, 0.25) is 0 Å². The molecule has 0 heterocycles. The zero-order chi connectivity index (χ0) is 50.6. The number of ether oxygens (including phenoxy) is 2. The second-order valence-corrected chi connectivity index (χ2v) is 20.8. The summed E-state index contributed by atoms with van der Waals surface area (Å²) in [5.41, 5.74) is 0. The van der Waals surface area contributed by atoms with Gasteiger partial charge in [-0.3, -0.25) is 9.59 Å². The zero-order valence-corrected chi connectivity index (χ0v) is 46.8. The Labute approximate surface area is 436 Å². The predicted octanol–water partition coefficient (Wildman–Crippen LogP) is 21.0. The fourth-order valence-corrected chi connectivity index (χ4v) is 9.19. The van der Waals surface area contributed by atoms with Gasteiger partial charge in [0.25, 0.3) is 0 Å². The molecule has 5 nitrogen and oxygen atoms in total. The highest BCUT2D eigenvalue weighted by molar-refractivity contribution is 5.70. The van der Waals surface area contributed by atoms with Gasteiger partial charge in [0, 0.05) is 12.8 Å². The number of carbonyl (C=O) groups is 2. The van der Waals surface area contributed by atoms with Crippen LogP contribution in [0.3, 0.4) is 0 Å². The van der Waals surface area contributed by atoms with Crippen molar-refractivity contribution in [2.45, 2.75) is 328 Å². The summed E-state index contributed by atoms with van der Waals surface area (Å²) in [4.78, 5) is 24.5. The molecule has 0 rings (SSSR count). The van der Waals surface area contributed by atoms with E-state index < -0.39 is 6.10 Å². The van der Waals surface area contributed by atoms with E-state index in [2.05, 4.69) is 74.6 Å². The molecular weight excluding hydrogens is 861 g/mol. The van der Waals surface area contributed by atoms with Gasteiger partial charge in [0.05, 0.1) is 6.61 Å². The number of hydrogen-bond donors (Lipinski definition) is 1. The van der Waals surface area contributed by atoms with Crippen LogP contribution in [0.25, 0.3) is 0 Å². The maximum atomic E-state index is 12.3. The number of aliphatic hydroxyl groups is 1. The first-order valence-corrected chi connectivity index (χ1v) is 30.8. The highest BCUT2D eigenvalue weighted by Gasteiger charge is 2.16. The van der Waals surface area contributed by atoms with Crippen LogP contribution < -0.4 is 0 Å². The second kappa shape index (κ2) is 60.9. The topological polar surface area (TPSA) is 72.8 Å². The molecule has 1 N–H and O–H groups in total. The molecule has 0 aromatic heterocycles. The molecule has 0 aliphatic heterocycles. The van der Waals surface area contributed by atoms with E-state index in [9.17, 15) is 14.7 Å². The smallest absolute Gasteiger partial charge is 0.306 e. The summed E-state index contributed by atoms with van der Waals surface area (Å²) >= 11 is 0. The molecule has 0 saturated carbocycles. The van der Waals surface area contributed by atoms with Crippen molar-refractivity contribution in [1.29, 1.82) is 0 Å². The van der Waals surface area contributed by atoms with Crippen LogP contribution in [0.2, 0.25) is 0 Å². The predicted molar refractivity (Wildman–Crippen MR) is 307 cm³/mol. The summed E-state index contributed by atoms with van der Waals surface area (Å²) in [6.07, 6.45) is 82.3. The van der Waals surface area contributed by atoms with Crippen LogP contribution in [-0.2, 0) is 19.1 Å². The molecule has 0 aliphatic carbocycles. The monoisotopic (exact) mass is 979 g/mol. The van der Waals surface area contributed by atoms with Crippen LogP contribution in [-0.4, -0.2) is 36.4 Å². The molecule has 0 aromatic rings. The lowest BCUT2D eigenvalue weighted by molar-refractivity contribution is -0.161. The minimum atomic E-state index is -0.781. The summed E-state index contributed by atoms with van der Waals surface area (Å²) in [5.74, 6) is -0.595. The molecule has 0 saturated heterocycles. The van der Waals surface area contributed by atoms with Crippen LogP contribution in [0, 0.1) is 0 Å². The summed E-state index contributed by atoms with van der Waals surface area (Å²) in [5, 5.41) is 9.65. The molecule has 0 radical (unpaired) electrons. The molecule has 1 unspecified atom stereocenters. The number of allylic oxidation sites excluding steroid dienone is 10. The van der Waals surface area contributed by atoms with Crippen molar-refractivity contribution >= 4 is 11.9 Å². The molecule has 1 atom stereocenters. The van der Waals surface area contributed by atoms with Gasteiger partial charge >= 0.3 is 11.9 Å². The molecule has 70 heavy (non-hydrogen) atoms. The van der Waals surface area contributed by atoms with E-state index >= 15 is 0 Å². The third-order valence-electron chi connectivity index (χ3n) is 13.8. The van der Waals surface area contributed by atoms with E-state index in [0.29, 0.717) is 12.8 Å². The van der Waals surface area contributed by atoms with Crippen LogP contribution >= 0.6 is 0 Å². The number of aliphatic hydroxyl groups excluding tert-OH is 1. The maximum absolute atomic E-state index is 12.3. The molecule has 0 fully saturated rings. The van der Waals surface area contributed by atoms with E-state index in [1.807, 2.05) is 0 Å². The van der Waals surface area contributed by atoms with Crippen molar-refractivity contribution in [3.05, 3.63) is 60.8 Å². The molecule has 0 bridgehead atoms. The normalized spacial score (nSPS) is 12.6. The van der Waals surface area contributed by atoms with Gasteiger partial charge in [-0.15, -0.1) is 0 Å². The van der Waals surface area contributed by atoms with Crippen molar-refractivity contribution in [3.63, 3.8) is 0 Å². The Morgan fingerprint density at radius 3 is 0.943 bits per heavy atom. The molecular formula is C65H118O5.